The molecule has 0 aliphatic carbocycles. The van der Waals surface area contributed by atoms with E-state index < -0.39 is 11.6 Å². The van der Waals surface area contributed by atoms with Gasteiger partial charge in [0.1, 0.15) is 0 Å². The first-order valence-corrected chi connectivity index (χ1v) is 6.60. The normalized spacial score (nSPS) is 17.1. The molecule has 1 saturated heterocycles. The standard InChI is InChI=1S/C14H20F2N2/c1-2-11-9-12(14(16)13(15)10-11)3-6-18-7-4-17-5-8-18/h9-10,17H,2-8H2,1H3. The fraction of sp³-hybridized carbons (Fsp3) is 0.571. The molecule has 1 aromatic carbocycles. The van der Waals surface area contributed by atoms with Crippen LogP contribution in [0.2, 0.25) is 0 Å². The highest BCUT2D eigenvalue weighted by molar-refractivity contribution is 5.26. The van der Waals surface area contributed by atoms with Crippen molar-refractivity contribution in [3.63, 3.8) is 0 Å². The minimum Gasteiger partial charge on any atom is -0.314 e. The number of hydrogen-bond donors (Lipinski definition) is 1. The lowest BCUT2D eigenvalue weighted by atomic mass is 10.0. The highest BCUT2D eigenvalue weighted by atomic mass is 19.2. The van der Waals surface area contributed by atoms with E-state index in [1.807, 2.05) is 6.92 Å². The first kappa shape index (κ1) is 13.4. The third kappa shape index (κ3) is 3.27. The molecule has 100 valence electrons. The van der Waals surface area contributed by atoms with Crippen LogP contribution in [0.15, 0.2) is 12.1 Å². The van der Waals surface area contributed by atoms with Crippen LogP contribution in [0, 0.1) is 11.6 Å². The van der Waals surface area contributed by atoms with Gasteiger partial charge in [0.2, 0.25) is 0 Å². The number of halogens is 2. The lowest BCUT2D eigenvalue weighted by molar-refractivity contribution is 0.243. The van der Waals surface area contributed by atoms with E-state index in [2.05, 4.69) is 10.2 Å². The first-order valence-electron chi connectivity index (χ1n) is 6.60. The zero-order chi connectivity index (χ0) is 13.0. The maximum absolute atomic E-state index is 13.7. The van der Waals surface area contributed by atoms with Crippen molar-refractivity contribution in [2.24, 2.45) is 0 Å². The van der Waals surface area contributed by atoms with E-state index in [1.54, 1.807) is 6.07 Å². The van der Waals surface area contributed by atoms with Gasteiger partial charge in [-0.3, -0.25) is 0 Å². The maximum atomic E-state index is 13.7. The van der Waals surface area contributed by atoms with Gasteiger partial charge >= 0.3 is 0 Å². The van der Waals surface area contributed by atoms with Gasteiger partial charge in [-0.15, -0.1) is 0 Å². The molecule has 0 spiro atoms. The van der Waals surface area contributed by atoms with Crippen molar-refractivity contribution in [2.75, 3.05) is 32.7 Å². The summed E-state index contributed by atoms with van der Waals surface area (Å²) in [5.41, 5.74) is 1.37. The Balaban J connectivity index is 2.01. The minimum absolute atomic E-state index is 0.505. The Kier molecular flexibility index (Phi) is 4.66. The third-order valence-electron chi connectivity index (χ3n) is 3.48. The van der Waals surface area contributed by atoms with Crippen LogP contribution in [0.25, 0.3) is 0 Å². The van der Waals surface area contributed by atoms with E-state index in [0.717, 1.165) is 44.7 Å². The molecule has 1 fully saturated rings. The molecule has 4 heteroatoms. The fourth-order valence-electron chi connectivity index (χ4n) is 2.31. The van der Waals surface area contributed by atoms with Crippen LogP contribution in [0.5, 0.6) is 0 Å². The predicted octanol–water partition coefficient (Wildman–Crippen LogP) is 1.97. The monoisotopic (exact) mass is 254 g/mol. The lowest BCUT2D eigenvalue weighted by Crippen LogP contribution is -2.44. The Bertz CT molecular complexity index is 401. The average molecular weight is 254 g/mol. The van der Waals surface area contributed by atoms with Gasteiger partial charge in [0.15, 0.2) is 11.6 Å². The molecule has 1 aromatic rings. The van der Waals surface area contributed by atoms with E-state index in [0.29, 0.717) is 12.0 Å². The minimum atomic E-state index is -0.718. The zero-order valence-electron chi connectivity index (χ0n) is 10.8. The second-order valence-corrected chi connectivity index (χ2v) is 4.75. The van der Waals surface area contributed by atoms with Gasteiger partial charge in [0, 0.05) is 32.7 Å². The van der Waals surface area contributed by atoms with Gasteiger partial charge in [-0.2, -0.15) is 0 Å². The smallest absolute Gasteiger partial charge is 0.162 e. The van der Waals surface area contributed by atoms with Crippen molar-refractivity contribution in [1.29, 1.82) is 0 Å². The molecule has 0 amide bonds. The summed E-state index contributed by atoms with van der Waals surface area (Å²) < 4.78 is 27.1. The topological polar surface area (TPSA) is 15.3 Å². The van der Waals surface area contributed by atoms with Crippen molar-refractivity contribution in [3.8, 4) is 0 Å². The van der Waals surface area contributed by atoms with E-state index in [4.69, 9.17) is 0 Å². The van der Waals surface area contributed by atoms with Crippen molar-refractivity contribution >= 4 is 0 Å². The number of benzene rings is 1. The van der Waals surface area contributed by atoms with Crippen LogP contribution in [0.3, 0.4) is 0 Å². The molecule has 2 rings (SSSR count). The van der Waals surface area contributed by atoms with Gasteiger partial charge < -0.3 is 10.2 Å². The summed E-state index contributed by atoms with van der Waals surface area (Å²) in [5.74, 6) is -1.40. The third-order valence-corrected chi connectivity index (χ3v) is 3.48. The number of rotatable bonds is 4. The van der Waals surface area contributed by atoms with Crippen molar-refractivity contribution in [3.05, 3.63) is 34.9 Å². The Hall–Kier alpha value is -1.00. The number of piperazine rings is 1. The van der Waals surface area contributed by atoms with Crippen LogP contribution in [-0.2, 0) is 12.8 Å². The first-order chi connectivity index (χ1) is 8.70. The Morgan fingerprint density at radius 2 is 1.94 bits per heavy atom. The number of hydrogen-bond acceptors (Lipinski definition) is 2. The molecule has 2 nitrogen and oxygen atoms in total. The van der Waals surface area contributed by atoms with E-state index in [1.165, 1.54) is 6.07 Å². The summed E-state index contributed by atoms with van der Waals surface area (Å²) in [6.45, 7) is 6.67. The number of aryl methyl sites for hydroxylation is 1. The van der Waals surface area contributed by atoms with Gasteiger partial charge in [0.25, 0.3) is 0 Å². The molecule has 18 heavy (non-hydrogen) atoms. The summed E-state index contributed by atoms with van der Waals surface area (Å²) in [6.07, 6.45) is 1.31. The molecule has 1 heterocycles. The van der Waals surface area contributed by atoms with Gasteiger partial charge in [0.05, 0.1) is 0 Å². The number of nitrogens with zero attached hydrogens (tertiary/aromatic N) is 1. The number of nitrogens with one attached hydrogen (secondary N) is 1. The van der Waals surface area contributed by atoms with Gasteiger partial charge in [-0.05, 0) is 30.0 Å². The molecular formula is C14H20F2N2. The Morgan fingerprint density at radius 1 is 1.22 bits per heavy atom. The van der Waals surface area contributed by atoms with Crippen LogP contribution in [0.1, 0.15) is 18.1 Å². The van der Waals surface area contributed by atoms with Gasteiger partial charge in [-0.25, -0.2) is 8.78 Å². The average Bonchev–Trinajstić information content (AvgIpc) is 2.41. The molecule has 0 unspecified atom stereocenters. The quantitative estimate of drug-likeness (QED) is 0.884. The van der Waals surface area contributed by atoms with Crippen LogP contribution < -0.4 is 5.32 Å². The summed E-state index contributed by atoms with van der Waals surface area (Å²) in [5, 5.41) is 3.28. The zero-order valence-corrected chi connectivity index (χ0v) is 10.8. The van der Waals surface area contributed by atoms with E-state index in [-0.39, 0.29) is 0 Å². The second kappa shape index (κ2) is 6.25. The second-order valence-electron chi connectivity index (χ2n) is 4.75. The van der Waals surface area contributed by atoms with E-state index in [9.17, 15) is 8.78 Å². The maximum Gasteiger partial charge on any atom is 0.162 e. The van der Waals surface area contributed by atoms with Crippen molar-refractivity contribution < 1.29 is 8.78 Å². The Morgan fingerprint density at radius 3 is 2.61 bits per heavy atom. The summed E-state index contributed by atoms with van der Waals surface area (Å²) >= 11 is 0. The van der Waals surface area contributed by atoms with Crippen LogP contribution in [-0.4, -0.2) is 37.6 Å². The largest absolute Gasteiger partial charge is 0.314 e. The van der Waals surface area contributed by atoms with E-state index >= 15 is 0 Å². The van der Waals surface area contributed by atoms with Crippen LogP contribution in [0.4, 0.5) is 8.78 Å². The van der Waals surface area contributed by atoms with Crippen molar-refractivity contribution in [1.82, 2.24) is 10.2 Å². The predicted molar refractivity (Wildman–Crippen MR) is 68.7 cm³/mol. The Labute approximate surface area is 107 Å². The highest BCUT2D eigenvalue weighted by Crippen LogP contribution is 2.16. The molecule has 0 aromatic heterocycles. The van der Waals surface area contributed by atoms with Crippen LogP contribution >= 0.6 is 0 Å². The molecule has 1 N–H and O–H groups in total. The highest BCUT2D eigenvalue weighted by Gasteiger charge is 2.13. The molecule has 0 bridgehead atoms. The lowest BCUT2D eigenvalue weighted by Gasteiger charge is -2.27. The molecule has 1 aliphatic heterocycles. The SMILES string of the molecule is CCc1cc(F)c(F)c(CCN2CCNCC2)c1. The summed E-state index contributed by atoms with van der Waals surface area (Å²) in [7, 11) is 0. The fourth-order valence-corrected chi connectivity index (χ4v) is 2.31. The van der Waals surface area contributed by atoms with Gasteiger partial charge in [-0.1, -0.05) is 13.0 Å². The summed E-state index contributed by atoms with van der Waals surface area (Å²) in [4.78, 5) is 2.28. The molecule has 0 saturated carbocycles. The molecular weight excluding hydrogens is 234 g/mol. The molecule has 0 atom stereocenters. The summed E-state index contributed by atoms with van der Waals surface area (Å²) in [6, 6.07) is 3.09. The molecule has 0 radical (unpaired) electrons. The van der Waals surface area contributed by atoms with Crippen molar-refractivity contribution in [2.45, 2.75) is 19.8 Å². The molecule has 1 aliphatic rings.